The van der Waals surface area contributed by atoms with Crippen LogP contribution in [-0.4, -0.2) is 0 Å². The summed E-state index contributed by atoms with van der Waals surface area (Å²) in [6.45, 7) is 0. The topological polar surface area (TPSA) is 19.6 Å². The number of hydrogen-bond acceptors (Lipinski definition) is 3. The molecule has 0 radical (unpaired) electrons. The van der Waals surface area contributed by atoms with Crippen LogP contribution in [0.25, 0.3) is 111 Å². The molecule has 0 saturated carbocycles. The second-order valence-electron chi connectivity index (χ2n) is 27.2. The molecule has 0 fully saturated rings. The number of furan rings is 1. The first-order valence-electron chi connectivity index (χ1n) is 35.0. The van der Waals surface area contributed by atoms with E-state index in [0.29, 0.717) is 0 Å². The first-order valence-corrected chi connectivity index (χ1v) is 35.0. The third-order valence-corrected chi connectivity index (χ3v) is 22.3. The Labute approximate surface area is 587 Å². The van der Waals surface area contributed by atoms with E-state index in [4.69, 9.17) is 4.42 Å². The highest BCUT2D eigenvalue weighted by atomic mass is 16.3. The lowest BCUT2D eigenvalue weighted by Gasteiger charge is -2.32. The Morgan fingerprint density at radius 3 is 0.762 bits per heavy atom. The number of anilines is 6. The van der Waals surface area contributed by atoms with Crippen LogP contribution in [0.3, 0.4) is 0 Å². The van der Waals surface area contributed by atoms with Crippen LogP contribution in [0.2, 0.25) is 0 Å². The van der Waals surface area contributed by atoms with Gasteiger partial charge in [0.05, 0.1) is 22.2 Å². The summed E-state index contributed by atoms with van der Waals surface area (Å²) in [5.74, 6) is 0. The van der Waals surface area contributed by atoms with Crippen molar-refractivity contribution in [1.82, 2.24) is 0 Å². The fourth-order valence-electron chi connectivity index (χ4n) is 18.2. The molecule has 3 nitrogen and oxygen atoms in total. The number of para-hydroxylation sites is 2. The summed E-state index contributed by atoms with van der Waals surface area (Å²) >= 11 is 0. The molecule has 2 spiro atoms. The van der Waals surface area contributed by atoms with Crippen LogP contribution in [0.15, 0.2) is 381 Å². The van der Waals surface area contributed by atoms with Crippen LogP contribution in [-0.2, 0) is 10.8 Å². The predicted molar refractivity (Wildman–Crippen MR) is 417 cm³/mol. The molecule has 0 N–H and O–H groups in total. The van der Waals surface area contributed by atoms with Crippen LogP contribution in [0.5, 0.6) is 0 Å². The van der Waals surface area contributed by atoms with Gasteiger partial charge in [-0.3, -0.25) is 0 Å². The Hall–Kier alpha value is -13.1. The van der Waals surface area contributed by atoms with Crippen molar-refractivity contribution in [1.29, 1.82) is 0 Å². The molecule has 0 atom stereocenters. The quantitative estimate of drug-likeness (QED) is 0.136. The van der Waals surface area contributed by atoms with Gasteiger partial charge in [-0.15, -0.1) is 0 Å². The summed E-state index contributed by atoms with van der Waals surface area (Å²) in [7, 11) is 0. The van der Waals surface area contributed by atoms with E-state index in [1.807, 2.05) is 0 Å². The van der Waals surface area contributed by atoms with E-state index >= 15 is 0 Å². The molecule has 101 heavy (non-hydrogen) atoms. The lowest BCUT2D eigenvalue weighted by molar-refractivity contribution is 0.671. The highest BCUT2D eigenvalue weighted by Crippen LogP contribution is 2.67. The molecule has 16 aromatic carbocycles. The van der Waals surface area contributed by atoms with E-state index in [1.165, 1.54) is 111 Å². The van der Waals surface area contributed by atoms with Gasteiger partial charge in [-0.25, -0.2) is 0 Å². The summed E-state index contributed by atoms with van der Waals surface area (Å²) in [6, 6.07) is 139. The maximum Gasteiger partial charge on any atom is 0.143 e. The molecule has 470 valence electrons. The minimum Gasteiger partial charge on any atom is -0.455 e. The number of benzene rings is 16. The smallest absolute Gasteiger partial charge is 0.143 e. The molecular weight excluding hydrogens is 1220 g/mol. The maximum absolute atomic E-state index is 7.29. The standard InChI is InChI=1S/C98H62N2O/c1-3-23-63(24-4-1)65-47-55-69(56-48-65)99(91-45-21-43-89-93(91)81-31-11-17-41-87(81)97(89)83-37-13-7-27-75(83)76-28-8-14-38-84(76)97)71-59-51-67(52-60-71)73-33-19-35-79-80-36-20-34-74(96(80)101-95(73)79)68-53-61-72(62-54-68)100(70-57-49-66(50-58-70)64-25-5-2-6-26-64)92-46-22-44-90-94(92)82-32-12-18-42-88(82)98(90)85-39-15-9-29-77(85)78-30-10-16-40-86(78)98/h1-62H. The van der Waals surface area contributed by atoms with Crippen molar-refractivity contribution >= 4 is 56.1 Å². The van der Waals surface area contributed by atoms with Gasteiger partial charge in [-0.1, -0.05) is 315 Å². The van der Waals surface area contributed by atoms with Crippen molar-refractivity contribution in [2.75, 3.05) is 9.80 Å². The van der Waals surface area contributed by atoms with Gasteiger partial charge in [0.25, 0.3) is 0 Å². The molecular formula is C98H62N2O. The zero-order valence-electron chi connectivity index (χ0n) is 55.1. The lowest BCUT2D eigenvalue weighted by Crippen LogP contribution is -2.26. The summed E-state index contributed by atoms with van der Waals surface area (Å²) in [5.41, 5.74) is 37.0. The number of fused-ring (bicyclic) bond motifs is 23. The van der Waals surface area contributed by atoms with Crippen molar-refractivity contribution in [3.05, 3.63) is 421 Å². The Morgan fingerprint density at radius 2 is 0.426 bits per heavy atom. The Morgan fingerprint density at radius 1 is 0.178 bits per heavy atom. The van der Waals surface area contributed by atoms with Gasteiger partial charge < -0.3 is 14.2 Å². The van der Waals surface area contributed by atoms with Crippen LogP contribution < -0.4 is 9.80 Å². The van der Waals surface area contributed by atoms with Crippen molar-refractivity contribution in [2.24, 2.45) is 0 Å². The third kappa shape index (κ3) is 8.17. The SMILES string of the molecule is c1ccc(-c2ccc(N(c3ccc(-c4cccc5c4oc4c(-c6ccc(N(c7ccc(-c8ccccc8)cc7)c7cccc8c7-c7ccccc7C87c8ccccc8-c8ccccc87)cc6)cccc45)cc3)c3cccc4c3-c3ccccc3C43c4ccccc4-c4ccccc43)cc2)cc1. The average molecular weight is 1280 g/mol. The normalized spacial score (nSPS) is 13.3. The number of rotatable bonds is 10. The van der Waals surface area contributed by atoms with E-state index in [0.717, 1.165) is 78.3 Å². The average Bonchev–Trinajstić information content (AvgIpc) is 1.51. The molecule has 0 amide bonds. The molecule has 4 aliphatic rings. The summed E-state index contributed by atoms with van der Waals surface area (Å²) in [4.78, 5) is 4.94. The van der Waals surface area contributed by atoms with Crippen LogP contribution in [0.4, 0.5) is 34.1 Å². The Kier molecular flexibility index (Phi) is 12.5. The zero-order chi connectivity index (χ0) is 66.3. The molecule has 4 aliphatic carbocycles. The summed E-state index contributed by atoms with van der Waals surface area (Å²) < 4.78 is 7.29. The van der Waals surface area contributed by atoms with Gasteiger partial charge in [0.15, 0.2) is 0 Å². The molecule has 0 aliphatic heterocycles. The monoisotopic (exact) mass is 1280 g/mol. The molecule has 17 aromatic rings. The van der Waals surface area contributed by atoms with Gasteiger partial charge in [0.1, 0.15) is 11.2 Å². The van der Waals surface area contributed by atoms with Gasteiger partial charge in [0.2, 0.25) is 0 Å². The van der Waals surface area contributed by atoms with Gasteiger partial charge >= 0.3 is 0 Å². The molecule has 1 heterocycles. The fraction of sp³-hybridized carbons (Fsp3) is 0.0204. The minimum atomic E-state index is -0.479. The van der Waals surface area contributed by atoms with Crippen LogP contribution in [0.1, 0.15) is 44.5 Å². The Balaban J connectivity index is 0.674. The molecule has 0 unspecified atom stereocenters. The molecule has 3 heteroatoms. The van der Waals surface area contributed by atoms with E-state index in [9.17, 15) is 0 Å². The maximum atomic E-state index is 7.29. The minimum absolute atomic E-state index is 0.479. The highest BCUT2D eigenvalue weighted by molar-refractivity contribution is 6.13. The number of hydrogen-bond donors (Lipinski definition) is 0. The molecule has 0 saturated heterocycles. The van der Waals surface area contributed by atoms with E-state index in [-0.39, 0.29) is 0 Å². The lowest BCUT2D eigenvalue weighted by atomic mass is 9.70. The van der Waals surface area contributed by atoms with E-state index in [1.54, 1.807) is 0 Å². The predicted octanol–water partition coefficient (Wildman–Crippen LogP) is 25.9. The van der Waals surface area contributed by atoms with Crippen molar-refractivity contribution in [2.45, 2.75) is 10.8 Å². The zero-order valence-corrected chi connectivity index (χ0v) is 55.1. The highest BCUT2D eigenvalue weighted by Gasteiger charge is 2.54. The molecule has 0 bridgehead atoms. The largest absolute Gasteiger partial charge is 0.455 e. The van der Waals surface area contributed by atoms with Crippen LogP contribution >= 0.6 is 0 Å². The van der Waals surface area contributed by atoms with Crippen molar-refractivity contribution in [3.63, 3.8) is 0 Å². The molecule has 21 rings (SSSR count). The van der Waals surface area contributed by atoms with Gasteiger partial charge in [-0.05, 0) is 172 Å². The van der Waals surface area contributed by atoms with E-state index in [2.05, 4.69) is 386 Å². The first-order chi connectivity index (χ1) is 50.1. The van der Waals surface area contributed by atoms with Crippen LogP contribution in [0, 0.1) is 0 Å². The van der Waals surface area contributed by atoms with E-state index < -0.39 is 10.8 Å². The summed E-state index contributed by atoms with van der Waals surface area (Å²) in [5, 5.41) is 2.16. The third-order valence-electron chi connectivity index (χ3n) is 22.3. The first kappa shape index (κ1) is 57.0. The second-order valence-corrected chi connectivity index (χ2v) is 27.2. The van der Waals surface area contributed by atoms with Crippen molar-refractivity contribution in [3.8, 4) is 89.0 Å². The summed E-state index contributed by atoms with van der Waals surface area (Å²) in [6.07, 6.45) is 0. The van der Waals surface area contributed by atoms with Crippen molar-refractivity contribution < 1.29 is 4.42 Å². The van der Waals surface area contributed by atoms with Gasteiger partial charge in [-0.2, -0.15) is 0 Å². The molecule has 1 aromatic heterocycles. The number of nitrogens with zero attached hydrogens (tertiary/aromatic N) is 2. The second kappa shape index (κ2) is 22.2. The fourth-order valence-corrected chi connectivity index (χ4v) is 18.2. The van der Waals surface area contributed by atoms with Gasteiger partial charge in [0, 0.05) is 55.8 Å². The Bertz CT molecular complexity index is 5720.